The molecule has 16 nitrogen and oxygen atoms in total. The highest BCUT2D eigenvalue weighted by atomic mass is 31.2. The molecule has 20 heteroatoms. The fourth-order valence-corrected chi connectivity index (χ4v) is 11.4. The lowest BCUT2D eigenvalue weighted by atomic mass is 9.68. The standard InChI is InChI=1S/C8H14NO3P.3C7H12NO3P.4C4H10/c9-5-4-7-2-1-3-8(7)6-13(10,11)12;1-7(4-8,6-2-3-6)5-12(9,10)11;8-4-3-6-1-2-7(6)5-12(9,10)11;8-5-4-7(2-1-3-7)6-12(9,10)11;4*1-3-4-2/h7-8H,1-4,6H2,(H2,10,11,12);6H,2-3,5H2,1H3,(H2,9,10,11);6-7H,1-3,5H2,(H2,9,10,11);1-4,6H2,(H2,9,10,11);4*3-4H2,1-2H3. The summed E-state index contributed by atoms with van der Waals surface area (Å²) in [7, 11) is -15.7. The van der Waals surface area contributed by atoms with E-state index in [0.717, 1.165) is 64.2 Å². The third-order valence-electron chi connectivity index (χ3n) is 11.7. The zero-order valence-electron chi connectivity index (χ0n) is 41.4. The lowest BCUT2D eigenvalue weighted by Gasteiger charge is -2.39. The maximum Gasteiger partial charge on any atom is 0.327 e. The van der Waals surface area contributed by atoms with Gasteiger partial charge in [-0.3, -0.25) is 18.3 Å². The van der Waals surface area contributed by atoms with Gasteiger partial charge in [-0.15, -0.1) is 0 Å². The van der Waals surface area contributed by atoms with Crippen molar-refractivity contribution in [1.29, 1.82) is 21.0 Å². The lowest BCUT2D eigenvalue weighted by Crippen LogP contribution is -2.32. The Labute approximate surface area is 394 Å². The summed E-state index contributed by atoms with van der Waals surface area (Å²) >= 11 is 0. The molecule has 0 amide bonds. The van der Waals surface area contributed by atoms with Gasteiger partial charge >= 0.3 is 30.4 Å². The molecule has 0 saturated heterocycles. The highest BCUT2D eigenvalue weighted by Gasteiger charge is 2.46. The summed E-state index contributed by atoms with van der Waals surface area (Å²) in [6.45, 7) is 19.1. The molecule has 5 atom stereocenters. The van der Waals surface area contributed by atoms with Crippen LogP contribution in [-0.2, 0) is 18.3 Å². The van der Waals surface area contributed by atoms with Crippen LogP contribution in [0.4, 0.5) is 0 Å². The van der Waals surface area contributed by atoms with Crippen LogP contribution in [-0.4, -0.2) is 63.8 Å². The summed E-state index contributed by atoms with van der Waals surface area (Å²) in [6.07, 6.45) is 20.2. The molecule has 4 aliphatic carbocycles. The molecule has 0 bridgehead atoms. The summed E-state index contributed by atoms with van der Waals surface area (Å²) in [6, 6.07) is 8.10. The van der Waals surface area contributed by atoms with Crippen LogP contribution < -0.4 is 0 Å². The van der Waals surface area contributed by atoms with Crippen molar-refractivity contribution in [3.8, 4) is 24.3 Å². The second kappa shape index (κ2) is 38.4. The minimum absolute atomic E-state index is 0.0423. The summed E-state index contributed by atoms with van der Waals surface area (Å²) in [5.74, 6) is 0.751. The number of rotatable bonds is 16. The zero-order valence-corrected chi connectivity index (χ0v) is 44.9. The minimum Gasteiger partial charge on any atom is -0.324 e. The summed E-state index contributed by atoms with van der Waals surface area (Å²) < 4.78 is 42.7. The molecule has 8 N–H and O–H groups in total. The highest BCUT2D eigenvalue weighted by molar-refractivity contribution is 7.52. The Morgan fingerprint density at radius 2 is 0.846 bits per heavy atom. The van der Waals surface area contributed by atoms with E-state index in [1.807, 2.05) is 18.2 Å². The number of hydrogen-bond donors (Lipinski definition) is 8. The average molecular weight is 1000 g/mol. The second-order valence-electron chi connectivity index (χ2n) is 18.1. The topological polar surface area (TPSA) is 325 Å². The van der Waals surface area contributed by atoms with Crippen molar-refractivity contribution in [2.24, 2.45) is 40.4 Å². The zero-order chi connectivity index (χ0) is 51.4. The molecule has 65 heavy (non-hydrogen) atoms. The molecule has 0 spiro atoms. The Hall–Kier alpha value is -1.44. The van der Waals surface area contributed by atoms with Crippen molar-refractivity contribution in [3.63, 3.8) is 0 Å². The van der Waals surface area contributed by atoms with E-state index in [1.165, 1.54) is 51.4 Å². The predicted molar refractivity (Wildman–Crippen MR) is 260 cm³/mol. The summed E-state index contributed by atoms with van der Waals surface area (Å²) in [4.78, 5) is 69.9. The quantitative estimate of drug-likeness (QED) is 0.0666. The van der Waals surface area contributed by atoms with Crippen LogP contribution in [0.2, 0.25) is 0 Å². The van der Waals surface area contributed by atoms with E-state index >= 15 is 0 Å². The van der Waals surface area contributed by atoms with Gasteiger partial charge in [-0.05, 0) is 93.3 Å². The highest BCUT2D eigenvalue weighted by Crippen LogP contribution is 2.54. The van der Waals surface area contributed by atoms with Crippen LogP contribution in [0, 0.1) is 85.7 Å². The van der Waals surface area contributed by atoms with Gasteiger partial charge in [0.1, 0.15) is 0 Å². The first-order chi connectivity index (χ1) is 30.1. The van der Waals surface area contributed by atoms with Crippen molar-refractivity contribution in [3.05, 3.63) is 0 Å². The monoisotopic (exact) mass is 1000 g/mol. The van der Waals surface area contributed by atoms with Crippen molar-refractivity contribution in [1.82, 2.24) is 0 Å². The Morgan fingerprint density at radius 1 is 0.492 bits per heavy atom. The largest absolute Gasteiger partial charge is 0.327 e. The van der Waals surface area contributed by atoms with Crippen LogP contribution in [0.5, 0.6) is 0 Å². The van der Waals surface area contributed by atoms with E-state index in [1.54, 1.807) is 6.92 Å². The molecule has 0 aromatic heterocycles. The van der Waals surface area contributed by atoms with Gasteiger partial charge in [0.25, 0.3) is 0 Å². The SMILES string of the molecule is CC(C#N)(CP(=O)(O)O)C1CC1.CCCC.CCCC.CCCC.CCCC.N#CCC1(CP(=O)(O)O)CCC1.N#CCC1CCC1CP(=O)(O)O.N#CCC1CCCC1CP(=O)(O)O. The lowest BCUT2D eigenvalue weighted by molar-refractivity contribution is 0.161. The molecule has 0 aliphatic heterocycles. The van der Waals surface area contributed by atoms with E-state index in [9.17, 15) is 18.3 Å². The van der Waals surface area contributed by atoms with Gasteiger partial charge in [0.2, 0.25) is 0 Å². The van der Waals surface area contributed by atoms with Gasteiger partial charge < -0.3 is 39.1 Å². The van der Waals surface area contributed by atoms with E-state index in [2.05, 4.69) is 61.5 Å². The third kappa shape index (κ3) is 42.4. The van der Waals surface area contributed by atoms with Gasteiger partial charge in [-0.1, -0.05) is 120 Å². The molecule has 0 heterocycles. The Bertz CT molecular complexity index is 1560. The van der Waals surface area contributed by atoms with Gasteiger partial charge in [0, 0.05) is 19.3 Å². The van der Waals surface area contributed by atoms with Crippen LogP contribution in [0.1, 0.15) is 197 Å². The molecule has 5 unspecified atom stereocenters. The molecule has 4 rings (SSSR count). The molecule has 0 radical (unpaired) electrons. The Kier molecular flexibility index (Phi) is 41.4. The molecule has 0 aromatic rings. The molecular weight excluding hydrogens is 912 g/mol. The minimum atomic E-state index is -4.04. The predicted octanol–water partition coefficient (Wildman–Crippen LogP) is 12.2. The van der Waals surface area contributed by atoms with E-state index in [0.29, 0.717) is 12.8 Å². The second-order valence-corrected chi connectivity index (χ2v) is 24.8. The number of nitrogens with zero attached hydrogens (tertiary/aromatic N) is 4. The summed E-state index contributed by atoms with van der Waals surface area (Å²) in [5.41, 5.74) is -1.19. The van der Waals surface area contributed by atoms with Gasteiger partial charge in [-0.25, -0.2) is 0 Å². The fourth-order valence-electron chi connectivity index (χ4n) is 6.69. The van der Waals surface area contributed by atoms with Crippen LogP contribution in [0.15, 0.2) is 0 Å². The van der Waals surface area contributed by atoms with Crippen molar-refractivity contribution < 1.29 is 57.4 Å². The first kappa shape index (κ1) is 70.1. The van der Waals surface area contributed by atoms with E-state index in [-0.39, 0.29) is 66.1 Å². The van der Waals surface area contributed by atoms with Crippen LogP contribution >= 0.6 is 30.4 Å². The van der Waals surface area contributed by atoms with E-state index in [4.69, 9.17) is 60.2 Å². The average Bonchev–Trinajstić information content (AvgIpc) is 3.99. The maximum atomic E-state index is 10.7. The first-order valence-corrected chi connectivity index (χ1v) is 31.0. The molecule has 4 fully saturated rings. The number of hydrogen-bond acceptors (Lipinski definition) is 8. The van der Waals surface area contributed by atoms with Crippen molar-refractivity contribution in [2.75, 3.05) is 24.6 Å². The smallest absolute Gasteiger partial charge is 0.324 e. The normalized spacial score (nSPS) is 21.1. The van der Waals surface area contributed by atoms with Gasteiger partial charge in [-0.2, -0.15) is 21.0 Å². The van der Waals surface area contributed by atoms with Crippen LogP contribution in [0.3, 0.4) is 0 Å². The van der Waals surface area contributed by atoms with E-state index < -0.39 is 35.8 Å². The number of nitriles is 4. The van der Waals surface area contributed by atoms with Crippen LogP contribution in [0.25, 0.3) is 0 Å². The van der Waals surface area contributed by atoms with Crippen molar-refractivity contribution >= 4 is 30.4 Å². The molecule has 0 aromatic carbocycles. The Morgan fingerprint density at radius 3 is 1.08 bits per heavy atom. The summed E-state index contributed by atoms with van der Waals surface area (Å²) in [5, 5.41) is 34.1. The maximum absolute atomic E-state index is 10.7. The number of unbranched alkanes of at least 4 members (excludes halogenated alkanes) is 4. The molecule has 4 saturated carbocycles. The van der Waals surface area contributed by atoms with Gasteiger partial charge in [0.05, 0.1) is 54.3 Å². The molecule has 382 valence electrons. The fraction of sp³-hybridized carbons (Fsp3) is 0.911. The first-order valence-electron chi connectivity index (χ1n) is 23.8. The molecular formula is C45H90N4O12P4. The third-order valence-corrected chi connectivity index (χ3v) is 15.8. The molecule has 4 aliphatic rings. The van der Waals surface area contributed by atoms with Crippen molar-refractivity contribution in [2.45, 2.75) is 197 Å². The Balaban J connectivity index is -0.000000343. The van der Waals surface area contributed by atoms with Gasteiger partial charge in [0.15, 0.2) is 0 Å².